The van der Waals surface area contributed by atoms with Crippen molar-refractivity contribution in [2.24, 2.45) is 0 Å². The molecule has 90 valence electrons. The molecule has 0 aliphatic heterocycles. The summed E-state index contributed by atoms with van der Waals surface area (Å²) in [5, 5.41) is 8.74. The number of amides is 2. The Morgan fingerprint density at radius 3 is 2.31 bits per heavy atom. The van der Waals surface area contributed by atoms with Gasteiger partial charge in [-0.2, -0.15) is 0 Å². The van der Waals surface area contributed by atoms with Crippen LogP contribution >= 0.6 is 0 Å². The Morgan fingerprint density at radius 2 is 1.94 bits per heavy atom. The number of rotatable bonds is 5. The van der Waals surface area contributed by atoms with Gasteiger partial charge in [0, 0.05) is 19.6 Å². The molecule has 1 saturated carbocycles. The third-order valence-corrected chi connectivity index (χ3v) is 2.37. The van der Waals surface area contributed by atoms with Gasteiger partial charge < -0.3 is 14.9 Å². The second-order valence-corrected chi connectivity index (χ2v) is 4.35. The standard InChI is InChI=1S/C11H18N2O3/c1-8(2)6-12(3)11(16)13(7-10(14)15)9-4-5-9/h9H,1,4-7H2,2-3H3,(H,14,15). The summed E-state index contributed by atoms with van der Waals surface area (Å²) >= 11 is 0. The third kappa shape index (κ3) is 3.56. The van der Waals surface area contributed by atoms with Crippen LogP contribution in [0.25, 0.3) is 0 Å². The van der Waals surface area contributed by atoms with Crippen molar-refractivity contribution >= 4 is 12.0 Å². The molecule has 5 heteroatoms. The van der Waals surface area contributed by atoms with E-state index in [1.54, 1.807) is 7.05 Å². The van der Waals surface area contributed by atoms with Crippen LogP contribution in [0.5, 0.6) is 0 Å². The highest BCUT2D eigenvalue weighted by Gasteiger charge is 2.35. The highest BCUT2D eigenvalue weighted by molar-refractivity contribution is 5.80. The van der Waals surface area contributed by atoms with E-state index in [1.165, 1.54) is 9.80 Å². The molecule has 0 aromatic carbocycles. The van der Waals surface area contributed by atoms with E-state index < -0.39 is 5.97 Å². The molecule has 0 heterocycles. The zero-order valence-electron chi connectivity index (χ0n) is 9.77. The quantitative estimate of drug-likeness (QED) is 0.716. The molecule has 0 aromatic heterocycles. The van der Waals surface area contributed by atoms with E-state index in [-0.39, 0.29) is 18.6 Å². The predicted molar refractivity (Wildman–Crippen MR) is 60.2 cm³/mol. The van der Waals surface area contributed by atoms with Crippen molar-refractivity contribution in [2.75, 3.05) is 20.1 Å². The topological polar surface area (TPSA) is 60.9 Å². The van der Waals surface area contributed by atoms with E-state index in [9.17, 15) is 9.59 Å². The number of carboxylic acid groups (broad SMARTS) is 1. The van der Waals surface area contributed by atoms with Crippen LogP contribution in [-0.4, -0.2) is 53.1 Å². The summed E-state index contributed by atoms with van der Waals surface area (Å²) in [5.74, 6) is -0.969. The van der Waals surface area contributed by atoms with Gasteiger partial charge in [-0.25, -0.2) is 4.79 Å². The molecule has 0 saturated heterocycles. The molecule has 16 heavy (non-hydrogen) atoms. The minimum absolute atomic E-state index is 0.108. The maximum Gasteiger partial charge on any atom is 0.323 e. The van der Waals surface area contributed by atoms with Gasteiger partial charge in [-0.05, 0) is 19.8 Å². The van der Waals surface area contributed by atoms with Gasteiger partial charge in [0.25, 0.3) is 0 Å². The van der Waals surface area contributed by atoms with Crippen molar-refractivity contribution in [3.05, 3.63) is 12.2 Å². The Morgan fingerprint density at radius 1 is 1.38 bits per heavy atom. The fraction of sp³-hybridized carbons (Fsp3) is 0.636. The number of carbonyl (C=O) groups is 2. The highest BCUT2D eigenvalue weighted by atomic mass is 16.4. The van der Waals surface area contributed by atoms with Gasteiger partial charge in [-0.3, -0.25) is 4.79 Å². The van der Waals surface area contributed by atoms with Gasteiger partial charge in [0.15, 0.2) is 0 Å². The number of nitrogens with zero attached hydrogens (tertiary/aromatic N) is 2. The maximum atomic E-state index is 11.9. The van der Waals surface area contributed by atoms with E-state index in [0.29, 0.717) is 6.54 Å². The molecule has 0 aromatic rings. The minimum Gasteiger partial charge on any atom is -0.480 e. The number of carboxylic acids is 1. The Hall–Kier alpha value is -1.52. The molecule has 0 radical (unpaired) electrons. The van der Waals surface area contributed by atoms with Crippen LogP contribution < -0.4 is 0 Å². The zero-order valence-corrected chi connectivity index (χ0v) is 9.77. The first-order chi connectivity index (χ1) is 7.41. The Balaban J connectivity index is 2.59. The van der Waals surface area contributed by atoms with E-state index in [2.05, 4.69) is 6.58 Å². The number of carbonyl (C=O) groups excluding carboxylic acids is 1. The normalized spacial score (nSPS) is 14.4. The van der Waals surface area contributed by atoms with Gasteiger partial charge in [0.2, 0.25) is 0 Å². The molecule has 0 spiro atoms. The van der Waals surface area contributed by atoms with Gasteiger partial charge in [-0.1, -0.05) is 12.2 Å². The molecule has 0 bridgehead atoms. The average molecular weight is 226 g/mol. The molecular weight excluding hydrogens is 208 g/mol. The molecule has 1 N–H and O–H groups in total. The van der Waals surface area contributed by atoms with Crippen LogP contribution in [0, 0.1) is 0 Å². The van der Waals surface area contributed by atoms with Crippen LogP contribution in [0.3, 0.4) is 0 Å². The Labute approximate surface area is 95.3 Å². The molecule has 0 unspecified atom stereocenters. The maximum absolute atomic E-state index is 11.9. The lowest BCUT2D eigenvalue weighted by Gasteiger charge is -2.27. The van der Waals surface area contributed by atoms with Gasteiger partial charge in [0.05, 0.1) is 0 Å². The second-order valence-electron chi connectivity index (χ2n) is 4.35. The number of hydrogen-bond donors (Lipinski definition) is 1. The summed E-state index contributed by atoms with van der Waals surface area (Å²) in [6.07, 6.45) is 1.81. The molecular formula is C11H18N2O3. The molecule has 5 nitrogen and oxygen atoms in total. The third-order valence-electron chi connectivity index (χ3n) is 2.37. The van der Waals surface area contributed by atoms with Gasteiger partial charge >= 0.3 is 12.0 Å². The van der Waals surface area contributed by atoms with E-state index in [4.69, 9.17) is 5.11 Å². The Bertz CT molecular complexity index is 310. The summed E-state index contributed by atoms with van der Waals surface area (Å²) in [6, 6.07) is -0.121. The van der Waals surface area contributed by atoms with E-state index in [0.717, 1.165) is 18.4 Å². The molecule has 1 aliphatic carbocycles. The summed E-state index contributed by atoms with van der Waals surface area (Å²) in [6.45, 7) is 5.81. The zero-order chi connectivity index (χ0) is 12.3. The Kier molecular flexibility index (Phi) is 3.93. The van der Waals surface area contributed by atoms with Crippen molar-refractivity contribution in [2.45, 2.75) is 25.8 Å². The summed E-state index contributed by atoms with van der Waals surface area (Å²) in [5.41, 5.74) is 0.877. The summed E-state index contributed by atoms with van der Waals surface area (Å²) in [4.78, 5) is 25.5. The molecule has 2 amide bonds. The molecule has 1 rings (SSSR count). The van der Waals surface area contributed by atoms with E-state index >= 15 is 0 Å². The van der Waals surface area contributed by atoms with Crippen LogP contribution in [0.4, 0.5) is 4.79 Å². The van der Waals surface area contributed by atoms with Gasteiger partial charge in [0.1, 0.15) is 6.54 Å². The second kappa shape index (κ2) is 5.01. The number of hydrogen-bond acceptors (Lipinski definition) is 2. The molecule has 1 fully saturated rings. The molecule has 1 aliphatic rings. The highest BCUT2D eigenvalue weighted by Crippen LogP contribution is 2.27. The summed E-state index contributed by atoms with van der Waals surface area (Å²) < 4.78 is 0. The van der Waals surface area contributed by atoms with Crippen LogP contribution in [0.2, 0.25) is 0 Å². The monoisotopic (exact) mass is 226 g/mol. The van der Waals surface area contributed by atoms with Crippen molar-refractivity contribution in [3.8, 4) is 0 Å². The first kappa shape index (κ1) is 12.5. The lowest BCUT2D eigenvalue weighted by Crippen LogP contribution is -2.45. The van der Waals surface area contributed by atoms with Crippen molar-refractivity contribution in [3.63, 3.8) is 0 Å². The van der Waals surface area contributed by atoms with Crippen molar-refractivity contribution in [1.29, 1.82) is 0 Å². The first-order valence-electron chi connectivity index (χ1n) is 5.29. The van der Waals surface area contributed by atoms with Crippen LogP contribution in [0.1, 0.15) is 19.8 Å². The molecule has 0 atom stereocenters. The first-order valence-corrected chi connectivity index (χ1v) is 5.29. The fourth-order valence-corrected chi connectivity index (χ4v) is 1.58. The van der Waals surface area contributed by atoms with E-state index in [1.807, 2.05) is 6.92 Å². The minimum atomic E-state index is -0.969. The van der Waals surface area contributed by atoms with Crippen LogP contribution in [0.15, 0.2) is 12.2 Å². The number of urea groups is 1. The summed E-state index contributed by atoms with van der Waals surface area (Å²) in [7, 11) is 1.66. The van der Waals surface area contributed by atoms with Crippen molar-refractivity contribution in [1.82, 2.24) is 9.80 Å². The fourth-order valence-electron chi connectivity index (χ4n) is 1.58. The average Bonchev–Trinajstić information content (AvgIpc) is 2.94. The SMILES string of the molecule is C=C(C)CN(C)C(=O)N(CC(=O)O)C1CC1. The van der Waals surface area contributed by atoms with Gasteiger partial charge in [-0.15, -0.1) is 0 Å². The number of likely N-dealkylation sites (N-methyl/N-ethyl adjacent to an activating group) is 1. The van der Waals surface area contributed by atoms with Crippen LogP contribution in [-0.2, 0) is 4.79 Å². The largest absolute Gasteiger partial charge is 0.480 e. The smallest absolute Gasteiger partial charge is 0.323 e. The predicted octanol–water partition coefficient (Wildman–Crippen LogP) is 1.16. The van der Waals surface area contributed by atoms with Crippen molar-refractivity contribution < 1.29 is 14.7 Å². The lowest BCUT2D eigenvalue weighted by atomic mass is 10.3. The number of aliphatic carboxylic acids is 1. The lowest BCUT2D eigenvalue weighted by molar-refractivity contribution is -0.137.